The number of aliphatic hydroxyl groups is 1. The zero-order chi connectivity index (χ0) is 27.6. The van der Waals surface area contributed by atoms with Gasteiger partial charge >= 0.3 is 5.97 Å². The minimum atomic E-state index is -1.26. The molecular formula is C29H34N4O5. The SMILES string of the molecule is C=C(CC(C(=O)OCC)c1ccc2nc(N)nc(C(=O)N3Cc4ccccc4C3)c2c1)C(O)OC(C)(C)C. The van der Waals surface area contributed by atoms with Crippen LogP contribution in [0.3, 0.4) is 0 Å². The van der Waals surface area contributed by atoms with Crippen molar-refractivity contribution in [2.24, 2.45) is 0 Å². The lowest BCUT2D eigenvalue weighted by atomic mass is 9.90. The predicted molar refractivity (Wildman–Crippen MR) is 144 cm³/mol. The largest absolute Gasteiger partial charge is 0.466 e. The average molecular weight is 519 g/mol. The standard InChI is InChI=1S/C29H34N4O5/c1-6-37-27(36)21(13-17(2)26(35)38-29(3,4)5)18-11-12-23-22(14-18)24(32-28(30)31-23)25(34)33-15-19-9-7-8-10-20(19)16-33/h7-12,14,21,26,35H,2,6,13,15-16H2,1,3-5H3,(H2,30,31,32). The molecule has 2 atom stereocenters. The zero-order valence-electron chi connectivity index (χ0n) is 22.2. The summed E-state index contributed by atoms with van der Waals surface area (Å²) >= 11 is 0. The molecule has 1 aliphatic rings. The Kier molecular flexibility index (Phi) is 7.80. The third-order valence-corrected chi connectivity index (χ3v) is 6.32. The van der Waals surface area contributed by atoms with Crippen LogP contribution in [0.15, 0.2) is 54.6 Å². The van der Waals surface area contributed by atoms with E-state index in [1.54, 1.807) is 30.0 Å². The highest BCUT2D eigenvalue weighted by molar-refractivity contribution is 6.05. The maximum atomic E-state index is 13.6. The second-order valence-corrected chi connectivity index (χ2v) is 10.4. The molecule has 0 saturated heterocycles. The van der Waals surface area contributed by atoms with Gasteiger partial charge in [-0.05, 0) is 68.5 Å². The smallest absolute Gasteiger partial charge is 0.313 e. The number of hydrogen-bond donors (Lipinski definition) is 2. The molecule has 0 bridgehead atoms. The first kappa shape index (κ1) is 27.2. The number of anilines is 1. The van der Waals surface area contributed by atoms with E-state index in [0.717, 1.165) is 11.1 Å². The Morgan fingerprint density at radius 3 is 2.39 bits per heavy atom. The van der Waals surface area contributed by atoms with E-state index in [9.17, 15) is 14.7 Å². The van der Waals surface area contributed by atoms with Crippen LogP contribution >= 0.6 is 0 Å². The maximum absolute atomic E-state index is 13.6. The lowest BCUT2D eigenvalue weighted by Gasteiger charge is -2.27. The quantitative estimate of drug-likeness (QED) is 0.259. The van der Waals surface area contributed by atoms with Crippen molar-refractivity contribution < 1.29 is 24.2 Å². The topological polar surface area (TPSA) is 128 Å². The van der Waals surface area contributed by atoms with Crippen LogP contribution in [0.1, 0.15) is 67.2 Å². The fraction of sp³-hybridized carbons (Fsp3) is 0.379. The fourth-order valence-corrected chi connectivity index (χ4v) is 4.53. The molecule has 0 fully saturated rings. The van der Waals surface area contributed by atoms with Crippen molar-refractivity contribution in [3.8, 4) is 0 Å². The normalized spacial score (nSPS) is 14.7. The van der Waals surface area contributed by atoms with Crippen LogP contribution < -0.4 is 5.73 Å². The van der Waals surface area contributed by atoms with Crippen LogP contribution in [0.4, 0.5) is 5.95 Å². The van der Waals surface area contributed by atoms with Gasteiger partial charge in [-0.3, -0.25) is 9.59 Å². The highest BCUT2D eigenvalue weighted by Crippen LogP contribution is 2.32. The summed E-state index contributed by atoms with van der Waals surface area (Å²) in [6.07, 6.45) is -1.17. The number of amides is 1. The van der Waals surface area contributed by atoms with Crippen LogP contribution in [0.25, 0.3) is 10.9 Å². The number of fused-ring (bicyclic) bond motifs is 2. The highest BCUT2D eigenvalue weighted by Gasteiger charge is 2.30. The van der Waals surface area contributed by atoms with Crippen LogP contribution in [0.2, 0.25) is 0 Å². The van der Waals surface area contributed by atoms with Crippen molar-refractivity contribution in [2.75, 3.05) is 12.3 Å². The molecule has 9 nitrogen and oxygen atoms in total. The number of aromatic nitrogens is 2. The van der Waals surface area contributed by atoms with E-state index >= 15 is 0 Å². The summed E-state index contributed by atoms with van der Waals surface area (Å²) in [5.74, 6) is -1.55. The van der Waals surface area contributed by atoms with Gasteiger partial charge in [-0.25, -0.2) is 9.97 Å². The summed E-state index contributed by atoms with van der Waals surface area (Å²) in [6, 6.07) is 13.1. The Bertz CT molecular complexity index is 1360. The maximum Gasteiger partial charge on any atom is 0.313 e. The molecule has 9 heteroatoms. The third kappa shape index (κ3) is 6.00. The van der Waals surface area contributed by atoms with Crippen molar-refractivity contribution in [2.45, 2.75) is 65.0 Å². The molecule has 1 aliphatic heterocycles. The van der Waals surface area contributed by atoms with Crippen molar-refractivity contribution in [1.82, 2.24) is 14.9 Å². The summed E-state index contributed by atoms with van der Waals surface area (Å²) in [6.45, 7) is 12.3. The van der Waals surface area contributed by atoms with E-state index in [1.165, 1.54) is 0 Å². The zero-order valence-corrected chi connectivity index (χ0v) is 22.2. The van der Waals surface area contributed by atoms with Crippen molar-refractivity contribution in [3.05, 3.63) is 77.0 Å². The molecule has 1 aromatic heterocycles. The van der Waals surface area contributed by atoms with Gasteiger partial charge in [0.05, 0.1) is 23.6 Å². The van der Waals surface area contributed by atoms with Gasteiger partial charge in [-0.1, -0.05) is 36.9 Å². The van der Waals surface area contributed by atoms with E-state index in [0.29, 0.717) is 35.1 Å². The molecule has 0 aliphatic carbocycles. The number of nitrogens with zero attached hydrogens (tertiary/aromatic N) is 3. The average Bonchev–Trinajstić information content (AvgIpc) is 3.29. The van der Waals surface area contributed by atoms with Crippen molar-refractivity contribution in [1.29, 1.82) is 0 Å². The van der Waals surface area contributed by atoms with Gasteiger partial charge < -0.3 is 25.2 Å². The molecular weight excluding hydrogens is 484 g/mol. The molecule has 2 aromatic carbocycles. The highest BCUT2D eigenvalue weighted by atomic mass is 16.6. The molecule has 0 spiro atoms. The van der Waals surface area contributed by atoms with Crippen LogP contribution in [-0.2, 0) is 27.4 Å². The summed E-state index contributed by atoms with van der Waals surface area (Å²) in [4.78, 5) is 37.0. The molecule has 38 heavy (non-hydrogen) atoms. The fourth-order valence-electron chi connectivity index (χ4n) is 4.53. The molecule has 3 aromatic rings. The molecule has 3 N–H and O–H groups in total. The third-order valence-electron chi connectivity index (χ3n) is 6.32. The lowest BCUT2D eigenvalue weighted by Crippen LogP contribution is -2.29. The number of rotatable bonds is 8. The first-order chi connectivity index (χ1) is 18.0. The van der Waals surface area contributed by atoms with Gasteiger partial charge in [0.1, 0.15) is 5.69 Å². The second-order valence-electron chi connectivity index (χ2n) is 10.4. The Hall–Kier alpha value is -3.82. The van der Waals surface area contributed by atoms with Gasteiger partial charge in [0, 0.05) is 18.5 Å². The summed E-state index contributed by atoms with van der Waals surface area (Å²) in [5.41, 5.74) is 9.09. The lowest BCUT2D eigenvalue weighted by molar-refractivity contribution is -0.149. The molecule has 0 saturated carbocycles. The summed E-state index contributed by atoms with van der Waals surface area (Å²) < 4.78 is 11.0. The van der Waals surface area contributed by atoms with Crippen LogP contribution in [0.5, 0.6) is 0 Å². The summed E-state index contributed by atoms with van der Waals surface area (Å²) in [5, 5.41) is 11.0. The Labute approximate surface area is 222 Å². The monoisotopic (exact) mass is 518 g/mol. The second kappa shape index (κ2) is 10.9. The first-order valence-electron chi connectivity index (χ1n) is 12.6. The minimum absolute atomic E-state index is 0.0110. The van der Waals surface area contributed by atoms with Gasteiger partial charge in [-0.2, -0.15) is 0 Å². The van der Waals surface area contributed by atoms with Crippen LogP contribution in [0, 0.1) is 0 Å². The van der Waals surface area contributed by atoms with Gasteiger partial charge in [0.15, 0.2) is 6.29 Å². The van der Waals surface area contributed by atoms with E-state index < -0.39 is 23.8 Å². The van der Waals surface area contributed by atoms with E-state index in [-0.39, 0.29) is 30.6 Å². The number of benzene rings is 2. The number of esters is 1. The molecule has 4 rings (SSSR count). The molecule has 2 unspecified atom stereocenters. The molecule has 200 valence electrons. The number of nitrogens with two attached hydrogens (primary N) is 1. The van der Waals surface area contributed by atoms with Gasteiger partial charge in [0.25, 0.3) is 5.91 Å². The minimum Gasteiger partial charge on any atom is -0.466 e. The molecule has 0 radical (unpaired) electrons. The number of hydrogen-bond acceptors (Lipinski definition) is 8. The molecule has 2 heterocycles. The number of aliphatic hydroxyl groups excluding tert-OH is 1. The predicted octanol–water partition coefficient (Wildman–Crippen LogP) is 4.09. The number of ether oxygens (including phenoxy) is 2. The first-order valence-corrected chi connectivity index (χ1v) is 12.6. The Morgan fingerprint density at radius 1 is 1.13 bits per heavy atom. The van der Waals surface area contributed by atoms with Crippen molar-refractivity contribution >= 4 is 28.7 Å². The van der Waals surface area contributed by atoms with Gasteiger partial charge in [0.2, 0.25) is 5.95 Å². The number of carbonyl (C=O) groups excluding carboxylic acids is 2. The van der Waals surface area contributed by atoms with E-state index in [2.05, 4.69) is 16.5 Å². The Balaban J connectivity index is 1.69. The number of carbonyl (C=O) groups is 2. The van der Waals surface area contributed by atoms with Gasteiger partial charge in [-0.15, -0.1) is 0 Å². The van der Waals surface area contributed by atoms with Crippen LogP contribution in [-0.4, -0.2) is 50.3 Å². The Morgan fingerprint density at radius 2 is 1.79 bits per heavy atom. The summed E-state index contributed by atoms with van der Waals surface area (Å²) in [7, 11) is 0. The molecule has 1 amide bonds. The van der Waals surface area contributed by atoms with Crippen molar-refractivity contribution in [3.63, 3.8) is 0 Å². The van der Waals surface area contributed by atoms with E-state index in [1.807, 2.05) is 45.0 Å². The number of nitrogen functional groups attached to an aromatic ring is 1. The van der Waals surface area contributed by atoms with E-state index in [4.69, 9.17) is 15.2 Å².